The number of amides is 2. The summed E-state index contributed by atoms with van der Waals surface area (Å²) in [6, 6.07) is 10.0. The molecule has 38 heavy (non-hydrogen) atoms. The number of carbonyl (C=O) groups is 2. The lowest BCUT2D eigenvalue weighted by Gasteiger charge is -2.34. The topological polar surface area (TPSA) is 114 Å². The third kappa shape index (κ3) is 6.05. The van der Waals surface area contributed by atoms with Crippen molar-refractivity contribution in [2.75, 3.05) is 51.9 Å². The summed E-state index contributed by atoms with van der Waals surface area (Å²) in [7, 11) is -0.641. The van der Waals surface area contributed by atoms with Crippen molar-refractivity contribution < 1.29 is 32.2 Å². The number of hydrogen-bond acceptors (Lipinski definition) is 7. The minimum atomic E-state index is -3.77. The summed E-state index contributed by atoms with van der Waals surface area (Å²) in [5.41, 5.74) is 1.22. The number of methoxy groups -OCH3 is 2. The van der Waals surface area contributed by atoms with E-state index in [0.717, 1.165) is 12.0 Å². The van der Waals surface area contributed by atoms with E-state index in [9.17, 15) is 18.0 Å². The second kappa shape index (κ2) is 11.6. The Balaban J connectivity index is 1.45. The quantitative estimate of drug-likeness (QED) is 0.515. The Kier molecular flexibility index (Phi) is 8.47. The average molecular weight is 546 g/mol. The van der Waals surface area contributed by atoms with E-state index in [4.69, 9.17) is 14.2 Å². The van der Waals surface area contributed by atoms with E-state index in [1.807, 2.05) is 26.0 Å². The number of ether oxygens (including phenoxy) is 3. The van der Waals surface area contributed by atoms with Crippen molar-refractivity contribution in [2.24, 2.45) is 11.8 Å². The molecule has 2 heterocycles. The number of benzene rings is 2. The first kappa shape index (κ1) is 27.7. The molecule has 1 N–H and O–H groups in total. The van der Waals surface area contributed by atoms with Crippen molar-refractivity contribution in [3.05, 3.63) is 42.0 Å². The van der Waals surface area contributed by atoms with Crippen LogP contribution in [0, 0.1) is 11.8 Å². The predicted octanol–water partition coefficient (Wildman–Crippen LogP) is 2.45. The average Bonchev–Trinajstić information content (AvgIpc) is 2.89. The number of anilines is 1. The Bertz CT molecular complexity index is 1290. The van der Waals surface area contributed by atoms with Crippen LogP contribution in [0.1, 0.15) is 25.8 Å². The third-order valence-electron chi connectivity index (χ3n) is 6.83. The Labute approximate surface area is 223 Å². The van der Waals surface area contributed by atoms with Crippen LogP contribution in [-0.4, -0.2) is 71.5 Å². The molecule has 10 nitrogen and oxygen atoms in total. The van der Waals surface area contributed by atoms with Crippen LogP contribution in [0.5, 0.6) is 17.2 Å². The molecule has 2 aromatic rings. The lowest BCUT2D eigenvalue weighted by atomic mass is 9.94. The molecule has 2 amide bonds. The van der Waals surface area contributed by atoms with Crippen molar-refractivity contribution >= 4 is 27.5 Å². The van der Waals surface area contributed by atoms with Gasteiger partial charge < -0.3 is 19.5 Å². The predicted molar refractivity (Wildman–Crippen MR) is 142 cm³/mol. The summed E-state index contributed by atoms with van der Waals surface area (Å²) < 4.78 is 44.4. The van der Waals surface area contributed by atoms with Crippen LogP contribution in [0.4, 0.5) is 5.69 Å². The van der Waals surface area contributed by atoms with Crippen LogP contribution in [0.15, 0.2) is 41.3 Å². The van der Waals surface area contributed by atoms with Gasteiger partial charge in [-0.05, 0) is 60.6 Å². The second-order valence-electron chi connectivity index (χ2n) is 9.96. The zero-order valence-corrected chi connectivity index (χ0v) is 23.0. The molecule has 1 saturated heterocycles. The van der Waals surface area contributed by atoms with E-state index in [0.29, 0.717) is 43.3 Å². The maximum Gasteiger partial charge on any atom is 0.265 e. The fourth-order valence-electron chi connectivity index (χ4n) is 5.05. The maximum atomic E-state index is 13.4. The molecule has 11 heteroatoms. The summed E-state index contributed by atoms with van der Waals surface area (Å²) >= 11 is 0. The van der Waals surface area contributed by atoms with Gasteiger partial charge in [0.15, 0.2) is 18.1 Å². The summed E-state index contributed by atoms with van der Waals surface area (Å²) in [5, 5.41) is 2.83. The van der Waals surface area contributed by atoms with Gasteiger partial charge in [-0.2, -0.15) is 4.31 Å². The lowest BCUT2D eigenvalue weighted by molar-refractivity contribution is -0.125. The molecular formula is C27H35N3O7S. The van der Waals surface area contributed by atoms with Gasteiger partial charge in [0, 0.05) is 19.6 Å². The zero-order chi connectivity index (χ0) is 27.4. The van der Waals surface area contributed by atoms with Gasteiger partial charge in [0.1, 0.15) is 12.3 Å². The molecule has 0 aromatic heterocycles. The number of fused-ring (bicyclic) bond motifs is 1. The summed E-state index contributed by atoms with van der Waals surface area (Å²) in [4.78, 5) is 26.8. The van der Waals surface area contributed by atoms with Crippen molar-refractivity contribution in [3.8, 4) is 17.2 Å². The Hall–Kier alpha value is -3.31. The lowest BCUT2D eigenvalue weighted by Crippen LogP contribution is -2.45. The highest BCUT2D eigenvalue weighted by Gasteiger charge is 2.34. The smallest absolute Gasteiger partial charge is 0.265 e. The first-order chi connectivity index (χ1) is 18.1. The minimum absolute atomic E-state index is 0.0784. The van der Waals surface area contributed by atoms with Gasteiger partial charge in [-0.15, -0.1) is 0 Å². The Morgan fingerprint density at radius 1 is 1.05 bits per heavy atom. The number of sulfonamides is 1. The normalized spacial score (nSPS) is 19.9. The van der Waals surface area contributed by atoms with Crippen LogP contribution in [0.3, 0.4) is 0 Å². The Morgan fingerprint density at radius 3 is 2.45 bits per heavy atom. The molecule has 0 saturated carbocycles. The van der Waals surface area contributed by atoms with E-state index >= 15 is 0 Å². The standard InChI is InChI=1S/C27H35N3O7S/c1-18-11-19(2)15-29(14-18)38(33,34)21-6-8-23-22(13-21)30(27(32)17-37-23)16-26(31)28-10-9-20-5-7-24(35-3)25(12-20)36-4/h5-8,12-13,18-19H,9-11,14-17H2,1-4H3,(H,28,31)/t18-,19-/m1/s1. The highest BCUT2D eigenvalue weighted by molar-refractivity contribution is 7.89. The summed E-state index contributed by atoms with van der Waals surface area (Å²) in [6.45, 7) is 4.86. The Morgan fingerprint density at radius 2 is 1.76 bits per heavy atom. The van der Waals surface area contributed by atoms with Crippen molar-refractivity contribution in [1.82, 2.24) is 9.62 Å². The van der Waals surface area contributed by atoms with Crippen LogP contribution in [-0.2, 0) is 26.0 Å². The van der Waals surface area contributed by atoms with Crippen LogP contribution in [0.2, 0.25) is 0 Å². The van der Waals surface area contributed by atoms with Gasteiger partial charge in [-0.25, -0.2) is 8.42 Å². The molecule has 0 spiro atoms. The summed E-state index contributed by atoms with van der Waals surface area (Å²) in [6.07, 6.45) is 1.53. The molecule has 0 unspecified atom stereocenters. The van der Waals surface area contributed by atoms with Crippen LogP contribution < -0.4 is 24.4 Å². The van der Waals surface area contributed by atoms with Crippen molar-refractivity contribution in [2.45, 2.75) is 31.6 Å². The first-order valence-corrected chi connectivity index (χ1v) is 14.1. The van der Waals surface area contributed by atoms with Gasteiger partial charge >= 0.3 is 0 Å². The molecule has 0 radical (unpaired) electrons. The number of carbonyl (C=O) groups excluding carboxylic acids is 2. The zero-order valence-electron chi connectivity index (χ0n) is 22.2. The van der Waals surface area contributed by atoms with E-state index in [-0.39, 0.29) is 41.5 Å². The first-order valence-electron chi connectivity index (χ1n) is 12.7. The number of piperidine rings is 1. The molecule has 2 aliphatic rings. The van der Waals surface area contributed by atoms with Gasteiger partial charge in [-0.1, -0.05) is 19.9 Å². The maximum absolute atomic E-state index is 13.4. The van der Waals surface area contributed by atoms with Gasteiger partial charge in [0.2, 0.25) is 15.9 Å². The van der Waals surface area contributed by atoms with Crippen molar-refractivity contribution in [1.29, 1.82) is 0 Å². The number of rotatable bonds is 9. The van der Waals surface area contributed by atoms with Crippen LogP contribution >= 0.6 is 0 Å². The fourth-order valence-corrected chi connectivity index (χ4v) is 6.75. The molecule has 2 aromatic carbocycles. The highest BCUT2D eigenvalue weighted by atomic mass is 32.2. The minimum Gasteiger partial charge on any atom is -0.493 e. The molecule has 206 valence electrons. The molecule has 2 aliphatic heterocycles. The van der Waals surface area contributed by atoms with Crippen LogP contribution in [0.25, 0.3) is 0 Å². The molecule has 0 bridgehead atoms. The largest absolute Gasteiger partial charge is 0.493 e. The van der Waals surface area contributed by atoms with Crippen molar-refractivity contribution in [3.63, 3.8) is 0 Å². The van der Waals surface area contributed by atoms with E-state index in [1.54, 1.807) is 26.4 Å². The SMILES string of the molecule is COc1ccc(CCNC(=O)CN2C(=O)COc3ccc(S(=O)(=O)N4C[C@H](C)C[C@@H](C)C4)cc32)cc1OC. The monoisotopic (exact) mass is 545 g/mol. The van der Waals surface area contributed by atoms with Gasteiger partial charge in [0.25, 0.3) is 5.91 Å². The van der Waals surface area contributed by atoms with Gasteiger partial charge in [0.05, 0.1) is 24.8 Å². The number of nitrogens with zero attached hydrogens (tertiary/aromatic N) is 2. The molecular weight excluding hydrogens is 510 g/mol. The van der Waals surface area contributed by atoms with E-state index < -0.39 is 15.9 Å². The number of nitrogens with one attached hydrogen (secondary N) is 1. The highest BCUT2D eigenvalue weighted by Crippen LogP contribution is 2.36. The molecule has 0 aliphatic carbocycles. The molecule has 2 atom stereocenters. The fraction of sp³-hybridized carbons (Fsp3) is 0.481. The summed E-state index contributed by atoms with van der Waals surface area (Å²) in [5.74, 6) is 1.33. The second-order valence-corrected chi connectivity index (χ2v) is 11.9. The van der Waals surface area contributed by atoms with E-state index in [2.05, 4.69) is 5.32 Å². The molecule has 1 fully saturated rings. The van der Waals surface area contributed by atoms with Gasteiger partial charge in [-0.3, -0.25) is 14.5 Å². The van der Waals surface area contributed by atoms with E-state index in [1.165, 1.54) is 21.3 Å². The molecule has 4 rings (SSSR count). The number of hydrogen-bond donors (Lipinski definition) is 1. The third-order valence-corrected chi connectivity index (χ3v) is 8.66.